The van der Waals surface area contributed by atoms with E-state index in [0.29, 0.717) is 18.1 Å². The van der Waals surface area contributed by atoms with Gasteiger partial charge in [-0.25, -0.2) is 0 Å². The Morgan fingerprint density at radius 1 is 1.33 bits per heavy atom. The van der Waals surface area contributed by atoms with E-state index < -0.39 is 0 Å². The second kappa shape index (κ2) is 5.71. The predicted octanol–water partition coefficient (Wildman–Crippen LogP) is 2.69. The molecule has 1 heterocycles. The van der Waals surface area contributed by atoms with Gasteiger partial charge in [-0.3, -0.25) is 0 Å². The summed E-state index contributed by atoms with van der Waals surface area (Å²) in [4.78, 5) is 0. The number of fused-ring (bicyclic) bond motifs is 1. The number of aryl methyl sites for hydroxylation is 1. The molecule has 1 aromatic carbocycles. The van der Waals surface area contributed by atoms with E-state index in [-0.39, 0.29) is 18.1 Å². The minimum Gasteiger partial charge on any atom is -0.394 e. The lowest BCUT2D eigenvalue weighted by Gasteiger charge is -2.55. The van der Waals surface area contributed by atoms with Crippen molar-refractivity contribution in [3.8, 4) is 0 Å². The monoisotopic (exact) mass is 289 g/mol. The Balaban J connectivity index is 1.72. The number of benzene rings is 1. The molecule has 116 valence electrons. The third kappa shape index (κ3) is 2.52. The van der Waals surface area contributed by atoms with Crippen molar-refractivity contribution in [1.82, 2.24) is 5.32 Å². The van der Waals surface area contributed by atoms with Gasteiger partial charge in [0, 0.05) is 24.0 Å². The molecule has 0 spiro atoms. The van der Waals surface area contributed by atoms with Gasteiger partial charge in [-0.05, 0) is 24.0 Å². The molecule has 0 aromatic heterocycles. The molecular weight excluding hydrogens is 262 g/mol. The molecule has 1 aromatic rings. The van der Waals surface area contributed by atoms with Gasteiger partial charge in [0.1, 0.15) is 0 Å². The summed E-state index contributed by atoms with van der Waals surface area (Å²) in [6.45, 7) is 7.72. The Bertz CT molecular complexity index is 482. The number of rotatable bonds is 5. The van der Waals surface area contributed by atoms with Crippen molar-refractivity contribution in [1.29, 1.82) is 0 Å². The van der Waals surface area contributed by atoms with Crippen LogP contribution in [0.4, 0.5) is 0 Å². The minimum atomic E-state index is 0.0155. The predicted molar refractivity (Wildman–Crippen MR) is 84.2 cm³/mol. The molecule has 0 radical (unpaired) electrons. The fourth-order valence-corrected chi connectivity index (χ4v) is 4.12. The van der Waals surface area contributed by atoms with E-state index in [1.807, 2.05) is 0 Å². The van der Waals surface area contributed by atoms with Crippen LogP contribution in [0.2, 0.25) is 0 Å². The molecule has 1 saturated heterocycles. The lowest BCUT2D eigenvalue weighted by Crippen LogP contribution is -2.66. The van der Waals surface area contributed by atoms with Crippen LogP contribution in [0.3, 0.4) is 0 Å². The van der Waals surface area contributed by atoms with Gasteiger partial charge in [0.05, 0.1) is 18.8 Å². The molecule has 1 saturated carbocycles. The average molecular weight is 289 g/mol. The van der Waals surface area contributed by atoms with Gasteiger partial charge in [-0.15, -0.1) is 0 Å². The van der Waals surface area contributed by atoms with Crippen LogP contribution >= 0.6 is 0 Å². The molecule has 0 bridgehead atoms. The molecule has 1 aliphatic carbocycles. The second-order valence-electron chi connectivity index (χ2n) is 7.04. The van der Waals surface area contributed by atoms with Gasteiger partial charge in [0.25, 0.3) is 0 Å². The molecule has 21 heavy (non-hydrogen) atoms. The van der Waals surface area contributed by atoms with Crippen molar-refractivity contribution in [3.63, 3.8) is 0 Å². The largest absolute Gasteiger partial charge is 0.394 e. The Morgan fingerprint density at radius 3 is 2.67 bits per heavy atom. The highest BCUT2D eigenvalue weighted by atomic mass is 16.5. The van der Waals surface area contributed by atoms with Gasteiger partial charge in [0.15, 0.2) is 0 Å². The van der Waals surface area contributed by atoms with Crippen LogP contribution in [0.25, 0.3) is 0 Å². The molecule has 3 nitrogen and oxygen atoms in total. The first-order valence-electron chi connectivity index (χ1n) is 8.15. The molecule has 1 aliphatic heterocycles. The zero-order valence-electron chi connectivity index (χ0n) is 13.3. The molecule has 0 amide bonds. The van der Waals surface area contributed by atoms with E-state index >= 15 is 0 Å². The molecule has 4 unspecified atom stereocenters. The fourth-order valence-electron chi connectivity index (χ4n) is 4.12. The summed E-state index contributed by atoms with van der Waals surface area (Å²) in [5, 5.41) is 13.5. The van der Waals surface area contributed by atoms with Crippen molar-refractivity contribution in [2.45, 2.75) is 51.8 Å². The van der Waals surface area contributed by atoms with Crippen molar-refractivity contribution in [2.24, 2.45) is 11.3 Å². The zero-order chi connectivity index (χ0) is 15.0. The van der Waals surface area contributed by atoms with Gasteiger partial charge in [-0.2, -0.15) is 0 Å². The normalized spacial score (nSPS) is 31.5. The fraction of sp³-hybridized carbons (Fsp3) is 0.667. The standard InChI is InChI=1S/C18H27NO2/c1-4-12-5-7-13(8-6-12)15(11-20)19-16-14-9-10-21-17(14)18(16,2)3/h5-8,14-17,19-20H,4,9-11H2,1-3H3. The SMILES string of the molecule is CCc1ccc(C(CO)NC2C3CCOC3C2(C)C)cc1. The van der Waals surface area contributed by atoms with Crippen LogP contribution < -0.4 is 5.32 Å². The molecule has 2 N–H and O–H groups in total. The van der Waals surface area contributed by atoms with E-state index in [0.717, 1.165) is 19.4 Å². The molecule has 3 rings (SSSR count). The highest BCUT2D eigenvalue weighted by molar-refractivity contribution is 5.26. The number of ether oxygens (including phenoxy) is 1. The summed E-state index contributed by atoms with van der Waals surface area (Å²) in [5.74, 6) is 0.601. The van der Waals surface area contributed by atoms with Gasteiger partial charge < -0.3 is 15.2 Å². The highest BCUT2D eigenvalue weighted by Gasteiger charge is 2.59. The summed E-state index contributed by atoms with van der Waals surface area (Å²) >= 11 is 0. The molecule has 3 heteroatoms. The smallest absolute Gasteiger partial charge is 0.0685 e. The van der Waals surface area contributed by atoms with E-state index in [2.05, 4.69) is 50.4 Å². The topological polar surface area (TPSA) is 41.5 Å². The maximum atomic E-state index is 9.79. The van der Waals surface area contributed by atoms with Crippen LogP contribution in [0.1, 0.15) is 44.4 Å². The average Bonchev–Trinajstić information content (AvgIpc) is 2.95. The summed E-state index contributed by atoms with van der Waals surface area (Å²) in [5.41, 5.74) is 2.66. The number of nitrogens with one attached hydrogen (secondary N) is 1. The number of hydrogen-bond donors (Lipinski definition) is 2. The van der Waals surface area contributed by atoms with Crippen LogP contribution in [0.5, 0.6) is 0 Å². The lowest BCUT2D eigenvalue weighted by molar-refractivity contribution is -0.116. The van der Waals surface area contributed by atoms with Crippen LogP contribution in [-0.4, -0.2) is 30.5 Å². The Kier molecular flexibility index (Phi) is 4.08. The lowest BCUT2D eigenvalue weighted by atomic mass is 9.57. The van der Waals surface area contributed by atoms with E-state index in [4.69, 9.17) is 4.74 Å². The van der Waals surface area contributed by atoms with E-state index in [1.54, 1.807) is 0 Å². The Morgan fingerprint density at radius 2 is 2.05 bits per heavy atom. The second-order valence-corrected chi connectivity index (χ2v) is 7.04. The molecule has 2 fully saturated rings. The van der Waals surface area contributed by atoms with Gasteiger partial charge >= 0.3 is 0 Å². The van der Waals surface area contributed by atoms with E-state index in [1.165, 1.54) is 11.1 Å². The van der Waals surface area contributed by atoms with Crippen molar-refractivity contribution < 1.29 is 9.84 Å². The van der Waals surface area contributed by atoms with Gasteiger partial charge in [0.2, 0.25) is 0 Å². The summed E-state index contributed by atoms with van der Waals surface area (Å²) < 4.78 is 5.85. The maximum Gasteiger partial charge on any atom is 0.0685 e. The summed E-state index contributed by atoms with van der Waals surface area (Å²) in [6, 6.07) is 9.04. The first kappa shape index (κ1) is 15.0. The van der Waals surface area contributed by atoms with Crippen molar-refractivity contribution in [2.75, 3.05) is 13.2 Å². The number of aliphatic hydroxyl groups excluding tert-OH is 1. The summed E-state index contributed by atoms with van der Waals surface area (Å²) in [6.07, 6.45) is 2.57. The molecule has 2 aliphatic rings. The molecular formula is C18H27NO2. The van der Waals surface area contributed by atoms with Gasteiger partial charge in [-0.1, -0.05) is 45.0 Å². The van der Waals surface area contributed by atoms with Crippen molar-refractivity contribution in [3.05, 3.63) is 35.4 Å². The van der Waals surface area contributed by atoms with Crippen LogP contribution in [0.15, 0.2) is 24.3 Å². The first-order valence-corrected chi connectivity index (χ1v) is 8.15. The quantitative estimate of drug-likeness (QED) is 0.875. The third-order valence-corrected chi connectivity index (χ3v) is 5.45. The van der Waals surface area contributed by atoms with Crippen molar-refractivity contribution >= 4 is 0 Å². The molecule has 4 atom stereocenters. The highest BCUT2D eigenvalue weighted by Crippen LogP contribution is 2.52. The van der Waals surface area contributed by atoms with Crippen LogP contribution in [-0.2, 0) is 11.2 Å². The number of hydrogen-bond acceptors (Lipinski definition) is 3. The Labute approximate surface area is 127 Å². The number of aliphatic hydroxyl groups is 1. The summed E-state index contributed by atoms with van der Waals surface area (Å²) in [7, 11) is 0. The minimum absolute atomic E-state index is 0.0155. The van der Waals surface area contributed by atoms with E-state index in [9.17, 15) is 5.11 Å². The van der Waals surface area contributed by atoms with Crippen LogP contribution in [0, 0.1) is 11.3 Å². The Hall–Kier alpha value is -0.900. The maximum absolute atomic E-state index is 9.79. The third-order valence-electron chi connectivity index (χ3n) is 5.45. The first-order chi connectivity index (χ1) is 10.1. The zero-order valence-corrected chi connectivity index (χ0v) is 13.3.